The fourth-order valence-electron chi connectivity index (χ4n) is 3.53. The normalized spacial score (nSPS) is 18.2. The Morgan fingerprint density at radius 3 is 2.85 bits per heavy atom. The van der Waals surface area contributed by atoms with E-state index >= 15 is 0 Å². The van der Waals surface area contributed by atoms with Gasteiger partial charge in [-0.15, -0.1) is 0 Å². The average molecular weight is 376 g/mol. The lowest BCUT2D eigenvalue weighted by Gasteiger charge is -2.33. The second-order valence-corrected chi connectivity index (χ2v) is 6.73. The molecule has 0 spiro atoms. The number of rotatable bonds is 3. The number of nitrogens with zero attached hydrogens (tertiary/aromatic N) is 4. The molecule has 6 nitrogen and oxygen atoms in total. The Labute approximate surface area is 153 Å². The maximum atomic E-state index is 13.6. The third-order valence-corrected chi connectivity index (χ3v) is 4.92. The van der Waals surface area contributed by atoms with E-state index < -0.39 is 11.7 Å². The second kappa shape index (κ2) is 6.80. The molecule has 3 aromatic rings. The van der Waals surface area contributed by atoms with Crippen LogP contribution in [0.15, 0.2) is 30.5 Å². The summed E-state index contributed by atoms with van der Waals surface area (Å²) in [6.45, 7) is 1.99. The van der Waals surface area contributed by atoms with E-state index in [-0.39, 0.29) is 11.4 Å². The summed E-state index contributed by atoms with van der Waals surface area (Å²) in [5.74, 6) is 0.831. The van der Waals surface area contributed by atoms with Crippen molar-refractivity contribution in [2.24, 2.45) is 11.7 Å². The number of pyridine rings is 2. The lowest BCUT2D eigenvalue weighted by Crippen LogP contribution is -2.38. The number of halogens is 3. The lowest BCUT2D eigenvalue weighted by atomic mass is 9.98. The quantitative estimate of drug-likeness (QED) is 0.733. The molecule has 1 aliphatic heterocycles. The van der Waals surface area contributed by atoms with Gasteiger partial charge in [-0.1, -0.05) is 0 Å². The van der Waals surface area contributed by atoms with Gasteiger partial charge in [0.05, 0.1) is 5.56 Å². The predicted octanol–water partition coefficient (Wildman–Crippen LogP) is 3.21. The van der Waals surface area contributed by atoms with Crippen LogP contribution in [0.5, 0.6) is 0 Å². The number of alkyl halides is 3. The molecule has 0 saturated carbocycles. The molecule has 1 atom stereocenters. The van der Waals surface area contributed by atoms with E-state index in [1.807, 2.05) is 4.90 Å². The van der Waals surface area contributed by atoms with Crippen LogP contribution in [-0.2, 0) is 6.18 Å². The third-order valence-electron chi connectivity index (χ3n) is 4.92. The fraction of sp³-hybridized carbons (Fsp3) is 0.389. The van der Waals surface area contributed by atoms with E-state index in [1.165, 1.54) is 6.07 Å². The van der Waals surface area contributed by atoms with Crippen LogP contribution in [0.3, 0.4) is 0 Å². The van der Waals surface area contributed by atoms with Gasteiger partial charge in [0, 0.05) is 24.7 Å². The smallest absolute Gasteiger partial charge is 0.356 e. The molecule has 3 aromatic heterocycles. The molecule has 27 heavy (non-hydrogen) atoms. The molecule has 1 fully saturated rings. The molecule has 9 heteroatoms. The first kappa shape index (κ1) is 17.7. The van der Waals surface area contributed by atoms with E-state index in [0.29, 0.717) is 35.9 Å². The number of hydrogen-bond acceptors (Lipinski definition) is 5. The molecule has 0 aliphatic carbocycles. The third kappa shape index (κ3) is 3.34. The largest absolute Gasteiger partial charge is 0.418 e. The molecular weight excluding hydrogens is 357 g/mol. The van der Waals surface area contributed by atoms with Crippen LogP contribution in [-0.4, -0.2) is 39.8 Å². The minimum atomic E-state index is -4.53. The molecule has 142 valence electrons. The number of H-pyrrole nitrogens is 1. The Hall–Kier alpha value is -2.68. The van der Waals surface area contributed by atoms with E-state index in [9.17, 15) is 13.2 Å². The summed E-state index contributed by atoms with van der Waals surface area (Å²) < 4.78 is 40.8. The van der Waals surface area contributed by atoms with Crippen molar-refractivity contribution in [3.8, 4) is 11.4 Å². The van der Waals surface area contributed by atoms with E-state index in [2.05, 4.69) is 20.2 Å². The first-order valence-corrected chi connectivity index (χ1v) is 8.80. The summed E-state index contributed by atoms with van der Waals surface area (Å²) in [6.07, 6.45) is -1.01. The van der Waals surface area contributed by atoms with Crippen LogP contribution in [0.4, 0.5) is 19.0 Å². The Bertz CT molecular complexity index is 952. The number of nitrogens with two attached hydrogens (primary N) is 1. The highest BCUT2D eigenvalue weighted by molar-refractivity contribution is 5.90. The van der Waals surface area contributed by atoms with Crippen LogP contribution >= 0.6 is 0 Å². The van der Waals surface area contributed by atoms with Crippen molar-refractivity contribution in [2.45, 2.75) is 19.0 Å². The summed E-state index contributed by atoms with van der Waals surface area (Å²) in [5.41, 5.74) is 5.36. The van der Waals surface area contributed by atoms with Gasteiger partial charge in [-0.25, -0.2) is 9.97 Å². The van der Waals surface area contributed by atoms with E-state index in [1.54, 1.807) is 18.3 Å². The first-order chi connectivity index (χ1) is 13.0. The highest BCUT2D eigenvalue weighted by Gasteiger charge is 2.36. The van der Waals surface area contributed by atoms with Gasteiger partial charge in [0.2, 0.25) is 0 Å². The zero-order valence-corrected chi connectivity index (χ0v) is 14.5. The van der Waals surface area contributed by atoms with Crippen LogP contribution in [0.1, 0.15) is 18.4 Å². The summed E-state index contributed by atoms with van der Waals surface area (Å²) in [7, 11) is 0. The summed E-state index contributed by atoms with van der Waals surface area (Å²) in [6, 6.07) is 5.86. The van der Waals surface area contributed by atoms with Gasteiger partial charge < -0.3 is 10.6 Å². The Balaban J connectivity index is 1.83. The van der Waals surface area contributed by atoms with Crippen LogP contribution in [0, 0.1) is 5.92 Å². The number of aromatic nitrogens is 4. The number of piperidine rings is 1. The van der Waals surface area contributed by atoms with Crippen molar-refractivity contribution in [1.29, 1.82) is 0 Å². The van der Waals surface area contributed by atoms with Gasteiger partial charge >= 0.3 is 6.18 Å². The highest BCUT2D eigenvalue weighted by Crippen LogP contribution is 2.38. The molecule has 4 heterocycles. The Kier molecular flexibility index (Phi) is 4.47. The van der Waals surface area contributed by atoms with Crippen LogP contribution in [0.25, 0.3) is 22.4 Å². The minimum absolute atomic E-state index is 0.152. The van der Waals surface area contributed by atoms with Gasteiger partial charge in [0.15, 0.2) is 5.65 Å². The number of aromatic amines is 1. The van der Waals surface area contributed by atoms with Gasteiger partial charge in [-0.3, -0.25) is 5.10 Å². The molecule has 0 amide bonds. The van der Waals surface area contributed by atoms with Gasteiger partial charge in [0.25, 0.3) is 0 Å². The maximum Gasteiger partial charge on any atom is 0.418 e. The van der Waals surface area contributed by atoms with Crippen molar-refractivity contribution >= 4 is 16.9 Å². The molecular formula is C18H19F3N6. The van der Waals surface area contributed by atoms with Crippen molar-refractivity contribution < 1.29 is 13.2 Å². The summed E-state index contributed by atoms with van der Waals surface area (Å²) in [5, 5.41) is 7.26. The van der Waals surface area contributed by atoms with Crippen molar-refractivity contribution in [3.05, 3.63) is 36.0 Å². The average Bonchev–Trinajstić information content (AvgIpc) is 3.11. The molecule has 1 aliphatic rings. The zero-order chi connectivity index (χ0) is 19.0. The van der Waals surface area contributed by atoms with Crippen molar-refractivity contribution in [3.63, 3.8) is 0 Å². The number of anilines is 1. The molecule has 0 aromatic carbocycles. The summed E-state index contributed by atoms with van der Waals surface area (Å²) >= 11 is 0. The molecule has 1 saturated heterocycles. The Morgan fingerprint density at radius 2 is 2.07 bits per heavy atom. The predicted molar refractivity (Wildman–Crippen MR) is 96.1 cm³/mol. The minimum Gasteiger partial charge on any atom is -0.356 e. The van der Waals surface area contributed by atoms with Crippen molar-refractivity contribution in [2.75, 3.05) is 24.5 Å². The SMILES string of the molecule is NCC1CCCN(c2ccc(C(F)(F)F)c(-c3n[nH]c4ncccc34)n2)C1. The maximum absolute atomic E-state index is 13.6. The van der Waals surface area contributed by atoms with Gasteiger partial charge in [-0.05, 0) is 49.6 Å². The highest BCUT2D eigenvalue weighted by atomic mass is 19.4. The van der Waals surface area contributed by atoms with Crippen molar-refractivity contribution in [1.82, 2.24) is 20.2 Å². The Morgan fingerprint density at radius 1 is 1.22 bits per heavy atom. The number of hydrogen-bond donors (Lipinski definition) is 2. The van der Waals surface area contributed by atoms with E-state index in [4.69, 9.17) is 5.73 Å². The lowest BCUT2D eigenvalue weighted by molar-refractivity contribution is -0.137. The molecule has 0 bridgehead atoms. The zero-order valence-electron chi connectivity index (χ0n) is 14.5. The van der Waals surface area contributed by atoms with Crippen LogP contribution < -0.4 is 10.6 Å². The second-order valence-electron chi connectivity index (χ2n) is 6.73. The first-order valence-electron chi connectivity index (χ1n) is 8.80. The standard InChI is InChI=1S/C18H19F3N6/c19-18(20,21)13-5-6-14(27-8-2-3-11(9-22)10-27)24-16(13)15-12-4-1-7-23-17(12)26-25-15/h1,4-7,11H,2-3,8-10,22H2,(H,23,25,26). The molecule has 1 unspecified atom stereocenters. The molecule has 4 rings (SSSR count). The summed E-state index contributed by atoms with van der Waals surface area (Å²) in [4.78, 5) is 10.5. The van der Waals surface area contributed by atoms with Gasteiger partial charge in [-0.2, -0.15) is 18.3 Å². The fourth-order valence-corrected chi connectivity index (χ4v) is 3.53. The number of fused-ring (bicyclic) bond motifs is 1. The molecule has 0 radical (unpaired) electrons. The topological polar surface area (TPSA) is 83.7 Å². The number of nitrogens with one attached hydrogen (secondary N) is 1. The monoisotopic (exact) mass is 376 g/mol. The molecule has 3 N–H and O–H groups in total. The van der Waals surface area contributed by atoms with Crippen LogP contribution in [0.2, 0.25) is 0 Å². The van der Waals surface area contributed by atoms with E-state index in [0.717, 1.165) is 25.5 Å². The van der Waals surface area contributed by atoms with Gasteiger partial charge in [0.1, 0.15) is 17.2 Å².